The average molecular weight is 207 g/mol. The Morgan fingerprint density at radius 1 is 1.29 bits per heavy atom. The molecule has 0 heterocycles. The molecule has 0 spiro atoms. The Labute approximate surface area is 87.0 Å². The fourth-order valence-electron chi connectivity index (χ4n) is 1.33. The van der Waals surface area contributed by atoms with Gasteiger partial charge in [-0.05, 0) is 12.5 Å². The van der Waals surface area contributed by atoms with Crippen molar-refractivity contribution in [2.24, 2.45) is 0 Å². The topological polar surface area (TPSA) is 18.5 Å². The third kappa shape index (κ3) is 2.32. The molecular formula is C11H15O2Si. The second kappa shape index (κ2) is 5.10. The maximum Gasteiger partial charge on any atom is 0.423 e. The lowest BCUT2D eigenvalue weighted by Crippen LogP contribution is -2.36. The van der Waals surface area contributed by atoms with E-state index in [1.807, 2.05) is 12.1 Å². The summed E-state index contributed by atoms with van der Waals surface area (Å²) in [6, 6.07) is 6.20. The van der Waals surface area contributed by atoms with E-state index < -0.39 is 9.28 Å². The molecule has 0 saturated carbocycles. The Bertz CT molecular complexity index is 319. The van der Waals surface area contributed by atoms with E-state index >= 15 is 0 Å². The Morgan fingerprint density at radius 3 is 2.43 bits per heavy atom. The summed E-state index contributed by atoms with van der Waals surface area (Å²) < 4.78 is 10.6. The number of benzene rings is 1. The van der Waals surface area contributed by atoms with E-state index in [1.165, 1.54) is 5.56 Å². The summed E-state index contributed by atoms with van der Waals surface area (Å²) >= 11 is 0. The first-order chi connectivity index (χ1) is 6.72. The minimum atomic E-state index is -1.34. The van der Waals surface area contributed by atoms with Gasteiger partial charge in [0.15, 0.2) is 0 Å². The molecular weight excluding hydrogens is 192 g/mol. The number of hydrogen-bond acceptors (Lipinski definition) is 2. The third-order valence-corrected chi connectivity index (χ3v) is 3.63. The Balaban J connectivity index is 3.14. The predicted octanol–water partition coefficient (Wildman–Crippen LogP) is 1.63. The van der Waals surface area contributed by atoms with Gasteiger partial charge in [0.05, 0.1) is 0 Å². The highest BCUT2D eigenvalue weighted by Crippen LogP contribution is 2.04. The monoisotopic (exact) mass is 207 g/mol. The summed E-state index contributed by atoms with van der Waals surface area (Å²) in [6.45, 7) is 5.83. The van der Waals surface area contributed by atoms with Crippen molar-refractivity contribution in [3.05, 3.63) is 35.9 Å². The van der Waals surface area contributed by atoms with Crippen LogP contribution in [0.3, 0.4) is 0 Å². The fraction of sp³-hybridized carbons (Fsp3) is 0.273. The van der Waals surface area contributed by atoms with Crippen LogP contribution in [0.5, 0.6) is 0 Å². The molecule has 0 aliphatic heterocycles. The maximum atomic E-state index is 5.31. The summed E-state index contributed by atoms with van der Waals surface area (Å²) in [5, 5.41) is 1.12. The smallest absolute Gasteiger partial charge is 0.393 e. The van der Waals surface area contributed by atoms with Gasteiger partial charge in [-0.1, -0.05) is 36.4 Å². The van der Waals surface area contributed by atoms with Gasteiger partial charge in [0, 0.05) is 19.4 Å². The molecule has 14 heavy (non-hydrogen) atoms. The summed E-state index contributed by atoms with van der Waals surface area (Å²) in [6.07, 6.45) is 1.83. The molecule has 0 aliphatic carbocycles. The van der Waals surface area contributed by atoms with Crippen molar-refractivity contribution in [2.45, 2.75) is 6.92 Å². The van der Waals surface area contributed by atoms with Crippen molar-refractivity contribution in [1.29, 1.82) is 0 Å². The highest BCUT2D eigenvalue weighted by molar-refractivity contribution is 6.62. The molecule has 1 rings (SSSR count). The van der Waals surface area contributed by atoms with Crippen LogP contribution >= 0.6 is 0 Å². The molecule has 3 heteroatoms. The zero-order valence-electron chi connectivity index (χ0n) is 8.83. The van der Waals surface area contributed by atoms with Crippen molar-refractivity contribution in [2.75, 3.05) is 14.2 Å². The van der Waals surface area contributed by atoms with Crippen LogP contribution in [0.2, 0.25) is 0 Å². The zero-order chi connectivity index (χ0) is 10.6. The Hall–Kier alpha value is -0.903. The molecule has 1 aromatic carbocycles. The molecule has 75 valence electrons. The van der Waals surface area contributed by atoms with Gasteiger partial charge >= 0.3 is 9.28 Å². The number of aryl methyl sites for hydroxylation is 1. The van der Waals surface area contributed by atoms with E-state index in [0.717, 1.165) is 10.8 Å². The van der Waals surface area contributed by atoms with Gasteiger partial charge in [-0.3, -0.25) is 0 Å². The Kier molecular flexibility index (Phi) is 4.07. The number of hydrogen-bond donors (Lipinski definition) is 0. The lowest BCUT2D eigenvalue weighted by molar-refractivity contribution is 0.292. The van der Waals surface area contributed by atoms with Crippen molar-refractivity contribution in [3.63, 3.8) is 0 Å². The van der Waals surface area contributed by atoms with E-state index in [9.17, 15) is 0 Å². The van der Waals surface area contributed by atoms with Crippen molar-refractivity contribution in [3.8, 4) is 0 Å². The first-order valence-corrected chi connectivity index (χ1v) is 5.73. The summed E-state index contributed by atoms with van der Waals surface area (Å²) in [5.74, 6) is 0. The number of rotatable bonds is 4. The molecule has 0 N–H and O–H groups in total. The van der Waals surface area contributed by atoms with Crippen molar-refractivity contribution < 1.29 is 8.85 Å². The minimum absolute atomic E-state index is 1.09. The molecule has 0 amide bonds. The highest BCUT2D eigenvalue weighted by atomic mass is 28.3. The van der Waals surface area contributed by atoms with E-state index in [-0.39, 0.29) is 0 Å². The maximum absolute atomic E-state index is 5.31. The van der Waals surface area contributed by atoms with Crippen LogP contribution in [-0.4, -0.2) is 23.5 Å². The van der Waals surface area contributed by atoms with E-state index in [4.69, 9.17) is 8.85 Å². The molecule has 1 radical (unpaired) electrons. The average Bonchev–Trinajstić information content (AvgIpc) is 2.20. The standard InChI is InChI=1S/C11H15O2Si/c1-5-10-7-6-9(2)8-11(10)14(12-3)13-4/h5-8H,1H2,2-4H3. The molecule has 0 unspecified atom stereocenters. The zero-order valence-corrected chi connectivity index (χ0v) is 9.83. The Morgan fingerprint density at radius 2 is 1.93 bits per heavy atom. The van der Waals surface area contributed by atoms with Gasteiger partial charge in [-0.15, -0.1) is 0 Å². The first kappa shape index (κ1) is 11.2. The van der Waals surface area contributed by atoms with Crippen LogP contribution < -0.4 is 5.19 Å². The molecule has 1 aromatic rings. The largest absolute Gasteiger partial charge is 0.423 e. The SMILES string of the molecule is C=Cc1ccc(C)cc1[Si](OC)OC. The van der Waals surface area contributed by atoms with Gasteiger partial charge in [0.2, 0.25) is 0 Å². The first-order valence-electron chi connectivity index (χ1n) is 4.41. The van der Waals surface area contributed by atoms with Gasteiger partial charge < -0.3 is 8.85 Å². The van der Waals surface area contributed by atoms with Gasteiger partial charge in [0.1, 0.15) is 0 Å². The van der Waals surface area contributed by atoms with Crippen molar-refractivity contribution in [1.82, 2.24) is 0 Å². The molecule has 0 aromatic heterocycles. The highest BCUT2D eigenvalue weighted by Gasteiger charge is 2.18. The second-order valence-corrected chi connectivity index (χ2v) is 4.92. The molecule has 0 fully saturated rings. The van der Waals surface area contributed by atoms with E-state index in [0.29, 0.717) is 0 Å². The normalized spacial score (nSPS) is 10.6. The van der Waals surface area contributed by atoms with Crippen molar-refractivity contribution >= 4 is 20.5 Å². The van der Waals surface area contributed by atoms with Gasteiger partial charge in [-0.2, -0.15) is 0 Å². The minimum Gasteiger partial charge on any atom is -0.393 e. The van der Waals surface area contributed by atoms with Crippen LogP contribution in [-0.2, 0) is 8.85 Å². The van der Waals surface area contributed by atoms with E-state index in [2.05, 4.69) is 25.6 Å². The molecule has 0 saturated heterocycles. The van der Waals surface area contributed by atoms with Crippen LogP contribution in [0, 0.1) is 6.92 Å². The third-order valence-electron chi connectivity index (χ3n) is 2.02. The van der Waals surface area contributed by atoms with Gasteiger partial charge in [0.25, 0.3) is 0 Å². The lowest BCUT2D eigenvalue weighted by Gasteiger charge is -2.12. The molecule has 0 aliphatic rings. The lowest BCUT2D eigenvalue weighted by atomic mass is 10.1. The summed E-state index contributed by atoms with van der Waals surface area (Å²) in [5.41, 5.74) is 2.30. The quantitative estimate of drug-likeness (QED) is 0.699. The van der Waals surface area contributed by atoms with Crippen LogP contribution in [0.4, 0.5) is 0 Å². The van der Waals surface area contributed by atoms with Crippen LogP contribution in [0.25, 0.3) is 6.08 Å². The summed E-state index contributed by atoms with van der Waals surface area (Å²) in [4.78, 5) is 0. The van der Waals surface area contributed by atoms with E-state index in [1.54, 1.807) is 14.2 Å². The summed E-state index contributed by atoms with van der Waals surface area (Å²) in [7, 11) is 2.01. The van der Waals surface area contributed by atoms with Gasteiger partial charge in [-0.25, -0.2) is 0 Å². The molecule has 2 nitrogen and oxygen atoms in total. The predicted molar refractivity (Wildman–Crippen MR) is 60.7 cm³/mol. The van der Waals surface area contributed by atoms with Crippen LogP contribution in [0.15, 0.2) is 24.8 Å². The molecule has 0 bridgehead atoms. The second-order valence-electron chi connectivity index (χ2n) is 2.99. The molecule has 0 atom stereocenters. The fourth-order valence-corrected chi connectivity index (χ4v) is 2.70. The van der Waals surface area contributed by atoms with Crippen LogP contribution in [0.1, 0.15) is 11.1 Å².